The van der Waals surface area contributed by atoms with Gasteiger partial charge < -0.3 is 9.64 Å². The maximum Gasteiger partial charge on any atom is 0.205 e. The number of rotatable bonds is 4. The Morgan fingerprint density at radius 1 is 1.33 bits per heavy atom. The van der Waals surface area contributed by atoms with E-state index in [1.54, 1.807) is 7.11 Å². The van der Waals surface area contributed by atoms with Crippen molar-refractivity contribution in [3.8, 4) is 0 Å². The highest BCUT2D eigenvalue weighted by molar-refractivity contribution is 7.09. The predicted molar refractivity (Wildman–Crippen MR) is 81.8 cm³/mol. The zero-order chi connectivity index (χ0) is 14.7. The van der Waals surface area contributed by atoms with Crippen molar-refractivity contribution < 1.29 is 9.13 Å². The fourth-order valence-corrected chi connectivity index (χ4v) is 3.04. The minimum Gasteiger partial charge on any atom is -0.377 e. The van der Waals surface area contributed by atoms with Crippen molar-refractivity contribution in [2.75, 3.05) is 25.1 Å². The van der Waals surface area contributed by atoms with E-state index in [2.05, 4.69) is 20.3 Å². The standard InChI is InChI=1S/C15H16FN3OS/c1-20-10-14-17-15(21-18-14)19-8-6-12(7-9-19)11-2-4-13(16)5-3-11/h2-6H,7-10H2,1H3. The molecule has 1 aromatic carbocycles. The molecule has 0 amide bonds. The largest absolute Gasteiger partial charge is 0.377 e. The van der Waals surface area contributed by atoms with Gasteiger partial charge in [0.2, 0.25) is 5.13 Å². The molecule has 21 heavy (non-hydrogen) atoms. The van der Waals surface area contributed by atoms with Crippen LogP contribution in [0.25, 0.3) is 5.57 Å². The van der Waals surface area contributed by atoms with E-state index in [4.69, 9.17) is 4.74 Å². The highest BCUT2D eigenvalue weighted by atomic mass is 32.1. The molecule has 1 aliphatic heterocycles. The van der Waals surface area contributed by atoms with E-state index in [0.717, 1.165) is 36.0 Å². The van der Waals surface area contributed by atoms with E-state index < -0.39 is 0 Å². The second kappa shape index (κ2) is 6.32. The summed E-state index contributed by atoms with van der Waals surface area (Å²) < 4.78 is 22.3. The SMILES string of the molecule is COCc1nsc(N2CC=C(c3ccc(F)cc3)CC2)n1. The topological polar surface area (TPSA) is 38.2 Å². The van der Waals surface area contributed by atoms with E-state index in [1.165, 1.54) is 29.2 Å². The molecule has 0 fully saturated rings. The molecular weight excluding hydrogens is 289 g/mol. The number of nitrogens with zero attached hydrogens (tertiary/aromatic N) is 3. The average Bonchev–Trinajstić information content (AvgIpc) is 2.97. The summed E-state index contributed by atoms with van der Waals surface area (Å²) in [5, 5.41) is 0.927. The number of anilines is 1. The van der Waals surface area contributed by atoms with Crippen LogP contribution in [0.3, 0.4) is 0 Å². The van der Waals surface area contributed by atoms with Crippen molar-refractivity contribution in [1.82, 2.24) is 9.36 Å². The van der Waals surface area contributed by atoms with E-state index in [1.807, 2.05) is 12.1 Å². The fraction of sp³-hybridized carbons (Fsp3) is 0.333. The third-order valence-electron chi connectivity index (χ3n) is 3.43. The molecule has 3 rings (SSSR count). The Balaban J connectivity index is 1.69. The monoisotopic (exact) mass is 305 g/mol. The van der Waals surface area contributed by atoms with Crippen molar-refractivity contribution >= 4 is 22.2 Å². The van der Waals surface area contributed by atoms with Gasteiger partial charge >= 0.3 is 0 Å². The van der Waals surface area contributed by atoms with E-state index >= 15 is 0 Å². The maximum atomic E-state index is 13.0. The van der Waals surface area contributed by atoms with Gasteiger partial charge in [-0.15, -0.1) is 0 Å². The minimum absolute atomic E-state index is 0.198. The van der Waals surface area contributed by atoms with Crippen molar-refractivity contribution in [1.29, 1.82) is 0 Å². The normalized spacial score (nSPS) is 15.1. The molecule has 0 saturated carbocycles. The Hall–Kier alpha value is -1.79. The fourth-order valence-electron chi connectivity index (χ4n) is 2.33. The summed E-state index contributed by atoms with van der Waals surface area (Å²) >= 11 is 1.40. The smallest absolute Gasteiger partial charge is 0.205 e. The zero-order valence-corrected chi connectivity index (χ0v) is 12.6. The molecule has 0 atom stereocenters. The van der Waals surface area contributed by atoms with Crippen LogP contribution < -0.4 is 4.90 Å². The summed E-state index contributed by atoms with van der Waals surface area (Å²) in [7, 11) is 1.64. The lowest BCUT2D eigenvalue weighted by atomic mass is 10.00. The first-order valence-corrected chi connectivity index (χ1v) is 7.55. The van der Waals surface area contributed by atoms with Gasteiger partial charge in [-0.3, -0.25) is 0 Å². The van der Waals surface area contributed by atoms with Gasteiger partial charge in [0.1, 0.15) is 12.4 Å². The van der Waals surface area contributed by atoms with Gasteiger partial charge in [-0.05, 0) is 29.7 Å². The van der Waals surface area contributed by atoms with Gasteiger partial charge in [0, 0.05) is 31.7 Å². The third-order valence-corrected chi connectivity index (χ3v) is 4.24. The molecule has 6 heteroatoms. The molecule has 110 valence electrons. The Morgan fingerprint density at radius 3 is 2.81 bits per heavy atom. The van der Waals surface area contributed by atoms with Gasteiger partial charge in [-0.2, -0.15) is 4.37 Å². The Kier molecular flexibility index (Phi) is 4.26. The predicted octanol–water partition coefficient (Wildman–Crippen LogP) is 3.12. The molecule has 1 aliphatic rings. The minimum atomic E-state index is -0.198. The number of benzene rings is 1. The van der Waals surface area contributed by atoms with E-state index in [-0.39, 0.29) is 5.82 Å². The highest BCUT2D eigenvalue weighted by Gasteiger charge is 2.17. The molecule has 0 bridgehead atoms. The molecule has 2 heterocycles. The van der Waals surface area contributed by atoms with Crippen LogP contribution in [0.2, 0.25) is 0 Å². The van der Waals surface area contributed by atoms with Crippen molar-refractivity contribution in [3.05, 3.63) is 47.5 Å². The highest BCUT2D eigenvalue weighted by Crippen LogP contribution is 2.26. The Labute approximate surface area is 127 Å². The summed E-state index contributed by atoms with van der Waals surface area (Å²) in [5.41, 5.74) is 2.35. The van der Waals surface area contributed by atoms with Gasteiger partial charge in [-0.1, -0.05) is 18.2 Å². The van der Waals surface area contributed by atoms with E-state index in [0.29, 0.717) is 6.61 Å². The van der Waals surface area contributed by atoms with Crippen molar-refractivity contribution in [2.45, 2.75) is 13.0 Å². The van der Waals surface area contributed by atoms with Crippen molar-refractivity contribution in [2.24, 2.45) is 0 Å². The lowest BCUT2D eigenvalue weighted by Crippen LogP contribution is -2.28. The quantitative estimate of drug-likeness (QED) is 0.870. The summed E-state index contributed by atoms with van der Waals surface area (Å²) in [6.07, 6.45) is 3.10. The van der Waals surface area contributed by atoms with Crippen LogP contribution >= 0.6 is 11.5 Å². The first kappa shape index (κ1) is 14.2. The number of methoxy groups -OCH3 is 1. The zero-order valence-electron chi connectivity index (χ0n) is 11.8. The van der Waals surface area contributed by atoms with Crippen LogP contribution in [-0.4, -0.2) is 29.6 Å². The van der Waals surface area contributed by atoms with Crippen LogP contribution in [0.4, 0.5) is 9.52 Å². The molecular formula is C15H16FN3OS. The van der Waals surface area contributed by atoms with Gasteiger partial charge in [0.15, 0.2) is 5.82 Å². The van der Waals surface area contributed by atoms with Gasteiger partial charge in [-0.25, -0.2) is 9.37 Å². The van der Waals surface area contributed by atoms with Crippen LogP contribution in [0, 0.1) is 5.82 Å². The Bertz CT molecular complexity index is 639. The summed E-state index contributed by atoms with van der Waals surface area (Å²) in [6.45, 7) is 2.14. The Morgan fingerprint density at radius 2 is 2.14 bits per heavy atom. The molecule has 0 unspecified atom stereocenters. The number of aromatic nitrogens is 2. The van der Waals surface area contributed by atoms with Crippen LogP contribution in [0.1, 0.15) is 17.8 Å². The maximum absolute atomic E-state index is 13.0. The second-order valence-electron chi connectivity index (χ2n) is 4.86. The first-order valence-electron chi connectivity index (χ1n) is 6.77. The number of hydrogen-bond donors (Lipinski definition) is 0. The summed E-state index contributed by atoms with van der Waals surface area (Å²) in [4.78, 5) is 6.66. The lowest BCUT2D eigenvalue weighted by Gasteiger charge is -2.25. The molecule has 0 saturated heterocycles. The molecule has 0 N–H and O–H groups in total. The summed E-state index contributed by atoms with van der Waals surface area (Å²) in [6, 6.07) is 6.67. The van der Waals surface area contributed by atoms with Gasteiger partial charge in [0.05, 0.1) is 0 Å². The number of ether oxygens (including phenoxy) is 1. The number of halogens is 1. The molecule has 0 aliphatic carbocycles. The van der Waals surface area contributed by atoms with Crippen LogP contribution in [0.5, 0.6) is 0 Å². The van der Waals surface area contributed by atoms with Crippen LogP contribution in [-0.2, 0) is 11.3 Å². The molecule has 1 aromatic heterocycles. The average molecular weight is 305 g/mol. The third kappa shape index (κ3) is 3.28. The van der Waals surface area contributed by atoms with Crippen molar-refractivity contribution in [3.63, 3.8) is 0 Å². The van der Waals surface area contributed by atoms with Gasteiger partial charge in [0.25, 0.3) is 0 Å². The summed E-state index contributed by atoms with van der Waals surface area (Å²) in [5.74, 6) is 0.530. The van der Waals surface area contributed by atoms with E-state index in [9.17, 15) is 4.39 Å². The molecule has 0 spiro atoms. The molecule has 0 radical (unpaired) electrons. The number of hydrogen-bond acceptors (Lipinski definition) is 5. The molecule has 4 nitrogen and oxygen atoms in total. The van der Waals surface area contributed by atoms with Crippen LogP contribution in [0.15, 0.2) is 30.3 Å². The second-order valence-corrected chi connectivity index (χ2v) is 5.59. The lowest BCUT2D eigenvalue weighted by molar-refractivity contribution is 0.179. The first-order chi connectivity index (χ1) is 10.3. The molecule has 2 aromatic rings.